The third-order valence-electron chi connectivity index (χ3n) is 4.99. The Kier molecular flexibility index (Phi) is 3.45. The van der Waals surface area contributed by atoms with Crippen molar-refractivity contribution < 1.29 is 0 Å². The summed E-state index contributed by atoms with van der Waals surface area (Å²) in [5.41, 5.74) is 4.68. The van der Waals surface area contributed by atoms with E-state index in [0.717, 1.165) is 24.2 Å². The second-order valence-corrected chi connectivity index (χ2v) is 6.87. The Morgan fingerprint density at radius 2 is 2.10 bits per heavy atom. The zero-order valence-electron chi connectivity index (χ0n) is 12.9. The topological polar surface area (TPSA) is 41.6 Å². The van der Waals surface area contributed by atoms with Gasteiger partial charge in [0.25, 0.3) is 0 Å². The van der Waals surface area contributed by atoms with Crippen LogP contribution in [-0.4, -0.2) is 9.55 Å². The molecule has 110 valence electrons. The van der Waals surface area contributed by atoms with E-state index in [9.17, 15) is 5.26 Å². The van der Waals surface area contributed by atoms with E-state index in [1.165, 1.54) is 16.6 Å². The van der Waals surface area contributed by atoms with Crippen molar-refractivity contribution >= 4 is 22.6 Å². The predicted molar refractivity (Wildman–Crippen MR) is 85.4 cm³/mol. The lowest BCUT2D eigenvalue weighted by Crippen LogP contribution is -2.31. The predicted octanol–water partition coefficient (Wildman–Crippen LogP) is 4.27. The molecule has 2 aromatic heterocycles. The van der Waals surface area contributed by atoms with Crippen molar-refractivity contribution in [2.45, 2.75) is 40.7 Å². The molecule has 1 aliphatic heterocycles. The van der Waals surface area contributed by atoms with Gasteiger partial charge in [-0.3, -0.25) is 0 Å². The molecule has 0 saturated carbocycles. The zero-order valence-corrected chi connectivity index (χ0v) is 13.7. The molecule has 2 atom stereocenters. The summed E-state index contributed by atoms with van der Waals surface area (Å²) in [4.78, 5) is 4.54. The van der Waals surface area contributed by atoms with Gasteiger partial charge in [-0.1, -0.05) is 25.4 Å². The maximum absolute atomic E-state index is 9.51. The number of pyridine rings is 1. The van der Waals surface area contributed by atoms with Crippen molar-refractivity contribution in [1.29, 1.82) is 5.26 Å². The van der Waals surface area contributed by atoms with Crippen molar-refractivity contribution in [3.63, 3.8) is 0 Å². The largest absolute Gasteiger partial charge is 0.328 e. The Morgan fingerprint density at radius 1 is 1.38 bits per heavy atom. The quantitative estimate of drug-likeness (QED) is 0.789. The van der Waals surface area contributed by atoms with Crippen LogP contribution in [-0.2, 0) is 13.0 Å². The smallest absolute Gasteiger partial charge is 0.140 e. The number of fused-ring (bicyclic) bond motifs is 3. The molecule has 0 N–H and O–H groups in total. The first-order valence-corrected chi connectivity index (χ1v) is 7.85. The number of nitrogens with zero attached hydrogens (tertiary/aromatic N) is 3. The summed E-state index contributed by atoms with van der Waals surface area (Å²) in [5, 5.41) is 11.4. The molecule has 0 radical (unpaired) electrons. The zero-order chi connectivity index (χ0) is 15.3. The third-order valence-corrected chi connectivity index (χ3v) is 5.37. The lowest BCUT2D eigenvalue weighted by molar-refractivity contribution is 0.244. The number of hydrogen-bond acceptors (Lipinski definition) is 2. The van der Waals surface area contributed by atoms with Gasteiger partial charge in [0, 0.05) is 23.8 Å². The number of hydrogen-bond donors (Lipinski definition) is 0. The van der Waals surface area contributed by atoms with E-state index >= 15 is 0 Å². The van der Waals surface area contributed by atoms with Gasteiger partial charge in [-0.15, -0.1) is 0 Å². The molecule has 21 heavy (non-hydrogen) atoms. The van der Waals surface area contributed by atoms with Crippen molar-refractivity contribution in [2.75, 3.05) is 0 Å². The van der Waals surface area contributed by atoms with Crippen LogP contribution in [0.2, 0.25) is 5.02 Å². The SMILES string of the molecule is Cc1c(Cl)cnc2c1c(C)c1n2CC(C#N)C(C(C)C)C1. The minimum absolute atomic E-state index is 0.0604. The summed E-state index contributed by atoms with van der Waals surface area (Å²) in [7, 11) is 0. The monoisotopic (exact) mass is 301 g/mol. The number of nitriles is 1. The molecule has 2 unspecified atom stereocenters. The van der Waals surface area contributed by atoms with Gasteiger partial charge >= 0.3 is 0 Å². The Morgan fingerprint density at radius 3 is 2.71 bits per heavy atom. The fourth-order valence-corrected chi connectivity index (χ4v) is 3.83. The van der Waals surface area contributed by atoms with Gasteiger partial charge in [0.1, 0.15) is 5.65 Å². The average Bonchev–Trinajstić information content (AvgIpc) is 2.74. The molecule has 4 heteroatoms. The average molecular weight is 302 g/mol. The van der Waals surface area contributed by atoms with E-state index in [1.807, 2.05) is 6.92 Å². The van der Waals surface area contributed by atoms with E-state index in [0.29, 0.717) is 16.9 Å². The highest BCUT2D eigenvalue weighted by Crippen LogP contribution is 2.38. The highest BCUT2D eigenvalue weighted by molar-refractivity contribution is 6.32. The van der Waals surface area contributed by atoms with Gasteiger partial charge in [-0.25, -0.2) is 4.98 Å². The van der Waals surface area contributed by atoms with Crippen molar-refractivity contribution in [3.05, 3.63) is 28.0 Å². The summed E-state index contributed by atoms with van der Waals surface area (Å²) in [6.07, 6.45) is 2.68. The highest BCUT2D eigenvalue weighted by atomic mass is 35.5. The first-order chi connectivity index (χ1) is 9.95. The van der Waals surface area contributed by atoms with Gasteiger partial charge in [0.15, 0.2) is 0 Å². The summed E-state index contributed by atoms with van der Waals surface area (Å²) in [6, 6.07) is 2.50. The minimum atomic E-state index is 0.0604. The van der Waals surface area contributed by atoms with Crippen LogP contribution in [0, 0.1) is 42.9 Å². The Bertz CT molecular complexity index is 752. The lowest BCUT2D eigenvalue weighted by Gasteiger charge is -2.32. The summed E-state index contributed by atoms with van der Waals surface area (Å²) in [5.74, 6) is 0.991. The number of halogens is 1. The molecular weight excluding hydrogens is 282 g/mol. The normalized spacial score (nSPS) is 21.6. The van der Waals surface area contributed by atoms with E-state index in [2.05, 4.69) is 36.4 Å². The van der Waals surface area contributed by atoms with Crippen molar-refractivity contribution in [2.24, 2.45) is 17.8 Å². The fourth-order valence-electron chi connectivity index (χ4n) is 3.69. The van der Waals surface area contributed by atoms with Crippen LogP contribution >= 0.6 is 11.6 Å². The van der Waals surface area contributed by atoms with Crippen LogP contribution in [0.4, 0.5) is 0 Å². The summed E-state index contributed by atoms with van der Waals surface area (Å²) < 4.78 is 2.24. The molecule has 3 rings (SSSR count). The molecule has 0 fully saturated rings. The maximum atomic E-state index is 9.51. The van der Waals surface area contributed by atoms with Crippen LogP contribution in [0.1, 0.15) is 30.7 Å². The number of aryl methyl sites for hydroxylation is 2. The Hall–Kier alpha value is -1.53. The molecule has 3 heterocycles. The molecule has 0 aliphatic carbocycles. The van der Waals surface area contributed by atoms with Gasteiger partial charge in [-0.05, 0) is 43.2 Å². The maximum Gasteiger partial charge on any atom is 0.140 e. The minimum Gasteiger partial charge on any atom is -0.328 e. The Balaban J connectivity index is 2.24. The Labute approximate surface area is 130 Å². The lowest BCUT2D eigenvalue weighted by atomic mass is 9.78. The van der Waals surface area contributed by atoms with Crippen LogP contribution in [0.25, 0.3) is 11.0 Å². The van der Waals surface area contributed by atoms with Crippen LogP contribution in [0.15, 0.2) is 6.20 Å². The molecule has 2 aromatic rings. The highest BCUT2D eigenvalue weighted by Gasteiger charge is 2.33. The van der Waals surface area contributed by atoms with Gasteiger partial charge < -0.3 is 4.57 Å². The standard InChI is InChI=1S/C17H20ClN3/c1-9(2)13-5-15-11(4)16-10(3)14(18)7-20-17(16)21(15)8-12(13)6-19/h7,9,12-13H,5,8H2,1-4H3. The van der Waals surface area contributed by atoms with E-state index in [1.54, 1.807) is 6.20 Å². The fraction of sp³-hybridized carbons (Fsp3) is 0.529. The van der Waals surface area contributed by atoms with E-state index in [4.69, 9.17) is 11.6 Å². The summed E-state index contributed by atoms with van der Waals surface area (Å²) in [6.45, 7) is 9.37. The molecule has 3 nitrogen and oxygen atoms in total. The third kappa shape index (κ3) is 2.05. The van der Waals surface area contributed by atoms with Gasteiger partial charge in [0.2, 0.25) is 0 Å². The number of rotatable bonds is 1. The molecular formula is C17H20ClN3. The molecule has 0 bridgehead atoms. The van der Waals surface area contributed by atoms with Crippen LogP contribution < -0.4 is 0 Å². The van der Waals surface area contributed by atoms with E-state index in [-0.39, 0.29) is 5.92 Å². The second-order valence-electron chi connectivity index (χ2n) is 6.46. The van der Waals surface area contributed by atoms with Crippen LogP contribution in [0.5, 0.6) is 0 Å². The molecule has 0 aromatic carbocycles. The van der Waals surface area contributed by atoms with Gasteiger partial charge in [-0.2, -0.15) is 5.26 Å². The van der Waals surface area contributed by atoms with Crippen LogP contribution in [0.3, 0.4) is 0 Å². The molecule has 1 aliphatic rings. The molecule has 0 spiro atoms. The molecule has 0 amide bonds. The van der Waals surface area contributed by atoms with E-state index < -0.39 is 0 Å². The second kappa shape index (κ2) is 5.03. The first kappa shape index (κ1) is 14.4. The molecule has 0 saturated heterocycles. The first-order valence-electron chi connectivity index (χ1n) is 7.48. The van der Waals surface area contributed by atoms with Crippen molar-refractivity contribution in [3.8, 4) is 6.07 Å². The summed E-state index contributed by atoms with van der Waals surface area (Å²) >= 11 is 6.23. The number of aromatic nitrogens is 2. The van der Waals surface area contributed by atoms with Gasteiger partial charge in [0.05, 0.1) is 17.0 Å². The van der Waals surface area contributed by atoms with Crippen molar-refractivity contribution in [1.82, 2.24) is 9.55 Å².